The van der Waals surface area contributed by atoms with Crippen LogP contribution < -0.4 is 15.8 Å². The number of amides is 1. The number of hydrogen-bond acceptors (Lipinski definition) is 4. The summed E-state index contributed by atoms with van der Waals surface area (Å²) in [7, 11) is 2.97. The molecule has 0 saturated carbocycles. The van der Waals surface area contributed by atoms with Gasteiger partial charge in [0.25, 0.3) is 0 Å². The van der Waals surface area contributed by atoms with Gasteiger partial charge in [-0.3, -0.25) is 5.32 Å². The molecular weight excluding hydrogens is 318 g/mol. The molecule has 0 aliphatic heterocycles. The van der Waals surface area contributed by atoms with Gasteiger partial charge >= 0.3 is 6.09 Å². The van der Waals surface area contributed by atoms with Crippen molar-refractivity contribution in [2.45, 2.75) is 13.5 Å². The Balaban J connectivity index is 2.08. The normalized spacial score (nSPS) is 10.7. The van der Waals surface area contributed by atoms with Crippen molar-refractivity contribution in [3.63, 3.8) is 0 Å². The summed E-state index contributed by atoms with van der Waals surface area (Å²) in [6.07, 6.45) is -0.498. The van der Waals surface area contributed by atoms with Gasteiger partial charge in [-0.05, 0) is 37.3 Å². The van der Waals surface area contributed by atoms with Gasteiger partial charge in [0.05, 0.1) is 31.1 Å². The van der Waals surface area contributed by atoms with E-state index in [2.05, 4.69) is 21.5 Å². The third kappa shape index (κ3) is 2.98. The van der Waals surface area contributed by atoms with Crippen LogP contribution in [0.1, 0.15) is 6.92 Å². The molecule has 6 nitrogen and oxygen atoms in total. The van der Waals surface area contributed by atoms with Crippen molar-refractivity contribution in [3.05, 3.63) is 42.5 Å². The molecule has 3 aromatic rings. The minimum atomic E-state index is -0.498. The monoisotopic (exact) mass is 339 g/mol. The van der Waals surface area contributed by atoms with Crippen LogP contribution in [-0.2, 0) is 11.3 Å². The Labute approximate surface area is 146 Å². The molecule has 0 bridgehead atoms. The topological polar surface area (TPSA) is 78.5 Å². The van der Waals surface area contributed by atoms with Gasteiger partial charge in [0, 0.05) is 23.2 Å². The molecule has 0 spiro atoms. The van der Waals surface area contributed by atoms with Crippen LogP contribution in [0.3, 0.4) is 0 Å². The Hall–Kier alpha value is -3.15. The second kappa shape index (κ2) is 6.76. The third-order valence-electron chi connectivity index (χ3n) is 4.22. The predicted octanol–water partition coefficient (Wildman–Crippen LogP) is 4.10. The van der Waals surface area contributed by atoms with Gasteiger partial charge in [-0.1, -0.05) is 12.1 Å². The minimum Gasteiger partial charge on any atom is -0.497 e. The van der Waals surface area contributed by atoms with E-state index in [1.807, 2.05) is 42.5 Å². The van der Waals surface area contributed by atoms with Crippen molar-refractivity contribution in [3.8, 4) is 17.0 Å². The summed E-state index contributed by atoms with van der Waals surface area (Å²) in [5.41, 5.74) is 10.8. The number of nitrogens with two attached hydrogens (primary N) is 1. The fourth-order valence-electron chi connectivity index (χ4n) is 3.01. The lowest BCUT2D eigenvalue weighted by atomic mass is 10.1. The maximum Gasteiger partial charge on any atom is 0.411 e. The van der Waals surface area contributed by atoms with Crippen molar-refractivity contribution in [2.24, 2.45) is 0 Å². The number of carbonyl (C=O) groups excluding carboxylic acids is 1. The van der Waals surface area contributed by atoms with Crippen molar-refractivity contribution in [2.75, 3.05) is 25.3 Å². The Kier molecular flexibility index (Phi) is 4.52. The first-order valence-corrected chi connectivity index (χ1v) is 8.00. The number of ether oxygens (including phenoxy) is 2. The van der Waals surface area contributed by atoms with Crippen LogP contribution in [-0.4, -0.2) is 24.9 Å². The number of aromatic nitrogens is 1. The number of nitrogens with one attached hydrogen (secondary N) is 1. The number of carbonyl (C=O) groups is 1. The van der Waals surface area contributed by atoms with E-state index in [9.17, 15) is 4.79 Å². The first kappa shape index (κ1) is 16.7. The Morgan fingerprint density at radius 2 is 1.88 bits per heavy atom. The van der Waals surface area contributed by atoms with Gasteiger partial charge in [0.1, 0.15) is 5.75 Å². The van der Waals surface area contributed by atoms with Crippen LogP contribution >= 0.6 is 0 Å². The molecule has 1 heterocycles. The third-order valence-corrected chi connectivity index (χ3v) is 4.22. The van der Waals surface area contributed by atoms with E-state index in [1.165, 1.54) is 7.11 Å². The molecule has 0 aliphatic carbocycles. The van der Waals surface area contributed by atoms with Crippen LogP contribution in [0.2, 0.25) is 0 Å². The van der Waals surface area contributed by atoms with Crippen LogP contribution in [0, 0.1) is 0 Å². The molecule has 0 unspecified atom stereocenters. The van der Waals surface area contributed by atoms with E-state index in [0.717, 1.165) is 34.5 Å². The van der Waals surface area contributed by atoms with Gasteiger partial charge in [0.15, 0.2) is 0 Å². The number of anilines is 2. The lowest BCUT2D eigenvalue weighted by Crippen LogP contribution is -2.10. The highest BCUT2D eigenvalue weighted by Crippen LogP contribution is 2.38. The summed E-state index contributed by atoms with van der Waals surface area (Å²) >= 11 is 0. The molecule has 0 atom stereocenters. The van der Waals surface area contributed by atoms with Gasteiger partial charge in [-0.2, -0.15) is 0 Å². The minimum absolute atomic E-state index is 0.498. The first-order valence-electron chi connectivity index (χ1n) is 8.00. The Bertz CT molecular complexity index is 914. The maximum absolute atomic E-state index is 11.3. The average molecular weight is 339 g/mol. The molecule has 0 radical (unpaired) electrons. The van der Waals surface area contributed by atoms with Crippen LogP contribution in [0.4, 0.5) is 16.2 Å². The molecule has 0 aliphatic rings. The number of nitrogen functional groups attached to an aromatic ring is 1. The molecule has 0 fully saturated rings. The molecule has 6 heteroatoms. The number of nitrogens with zero attached hydrogens (tertiary/aromatic N) is 1. The number of hydrogen-bond donors (Lipinski definition) is 2. The molecular formula is C19H21N3O3. The van der Waals surface area contributed by atoms with Crippen molar-refractivity contribution in [1.29, 1.82) is 0 Å². The first-order chi connectivity index (χ1) is 12.1. The summed E-state index contributed by atoms with van der Waals surface area (Å²) in [6, 6.07) is 13.4. The quantitative estimate of drug-likeness (QED) is 0.750. The fourth-order valence-corrected chi connectivity index (χ4v) is 3.01. The van der Waals surface area contributed by atoms with E-state index < -0.39 is 6.09 Å². The smallest absolute Gasteiger partial charge is 0.411 e. The van der Waals surface area contributed by atoms with Gasteiger partial charge < -0.3 is 19.8 Å². The molecule has 0 saturated heterocycles. The molecule has 2 aromatic carbocycles. The zero-order valence-corrected chi connectivity index (χ0v) is 14.5. The zero-order valence-electron chi connectivity index (χ0n) is 14.5. The Morgan fingerprint density at radius 1 is 1.16 bits per heavy atom. The van der Waals surface area contributed by atoms with Crippen LogP contribution in [0.25, 0.3) is 22.2 Å². The van der Waals surface area contributed by atoms with Gasteiger partial charge in [-0.25, -0.2) is 4.79 Å². The lowest BCUT2D eigenvalue weighted by molar-refractivity contribution is 0.187. The molecule has 1 amide bonds. The highest BCUT2D eigenvalue weighted by atomic mass is 16.5. The second-order valence-electron chi connectivity index (χ2n) is 5.58. The number of fused-ring (bicyclic) bond motifs is 1. The largest absolute Gasteiger partial charge is 0.497 e. The van der Waals surface area contributed by atoms with Crippen molar-refractivity contribution in [1.82, 2.24) is 4.57 Å². The summed E-state index contributed by atoms with van der Waals surface area (Å²) in [5.74, 6) is 0.775. The maximum atomic E-state index is 11.3. The summed E-state index contributed by atoms with van der Waals surface area (Å²) < 4.78 is 12.1. The van der Waals surface area contributed by atoms with Crippen LogP contribution in [0.15, 0.2) is 42.5 Å². The highest BCUT2D eigenvalue weighted by Gasteiger charge is 2.16. The average Bonchev–Trinajstić information content (AvgIpc) is 2.93. The molecule has 130 valence electrons. The SMILES string of the molecule is CCn1c(-c2ccc(NC(=O)OC)cc2)c(N)c2cc(OC)ccc21. The van der Waals surface area contributed by atoms with E-state index in [-0.39, 0.29) is 0 Å². The van der Waals surface area contributed by atoms with E-state index in [0.29, 0.717) is 11.4 Å². The van der Waals surface area contributed by atoms with E-state index >= 15 is 0 Å². The van der Waals surface area contributed by atoms with E-state index in [1.54, 1.807) is 7.11 Å². The number of rotatable bonds is 4. The summed E-state index contributed by atoms with van der Waals surface area (Å²) in [4.78, 5) is 11.3. The highest BCUT2D eigenvalue weighted by molar-refractivity contribution is 6.01. The standard InChI is InChI=1S/C19H21N3O3/c1-4-22-16-10-9-14(24-2)11-15(16)17(20)18(22)12-5-7-13(8-6-12)21-19(23)25-3/h5-11H,4,20H2,1-3H3,(H,21,23). The van der Waals surface area contributed by atoms with Crippen molar-refractivity contribution >= 4 is 28.4 Å². The molecule has 25 heavy (non-hydrogen) atoms. The van der Waals surface area contributed by atoms with Crippen LogP contribution in [0.5, 0.6) is 5.75 Å². The zero-order chi connectivity index (χ0) is 18.0. The lowest BCUT2D eigenvalue weighted by Gasteiger charge is -2.10. The van der Waals surface area contributed by atoms with E-state index in [4.69, 9.17) is 10.5 Å². The van der Waals surface area contributed by atoms with Gasteiger partial charge in [0.2, 0.25) is 0 Å². The summed E-state index contributed by atoms with van der Waals surface area (Å²) in [6.45, 7) is 2.87. The Morgan fingerprint density at radius 3 is 2.48 bits per heavy atom. The second-order valence-corrected chi connectivity index (χ2v) is 5.58. The molecule has 1 aromatic heterocycles. The molecule has 3 N–H and O–H groups in total. The number of benzene rings is 2. The number of methoxy groups -OCH3 is 2. The number of aryl methyl sites for hydroxylation is 1. The fraction of sp³-hybridized carbons (Fsp3) is 0.211. The van der Waals surface area contributed by atoms with Crippen molar-refractivity contribution < 1.29 is 14.3 Å². The predicted molar refractivity (Wildman–Crippen MR) is 100 cm³/mol. The molecule has 3 rings (SSSR count). The van der Waals surface area contributed by atoms with Gasteiger partial charge in [-0.15, -0.1) is 0 Å². The summed E-state index contributed by atoms with van der Waals surface area (Å²) in [5, 5.41) is 3.61.